The summed E-state index contributed by atoms with van der Waals surface area (Å²) in [5, 5.41) is 0.165. The Labute approximate surface area is 271 Å². The topological polar surface area (TPSA) is 75.8 Å². The summed E-state index contributed by atoms with van der Waals surface area (Å²) in [4.78, 5) is 13.4. The van der Waals surface area contributed by atoms with E-state index in [4.69, 9.17) is 27.8 Å². The van der Waals surface area contributed by atoms with Crippen molar-refractivity contribution in [3.8, 4) is 0 Å². The average Bonchev–Trinajstić information content (AvgIpc) is 3.51. The zero-order valence-electron chi connectivity index (χ0n) is 30.3. The van der Waals surface area contributed by atoms with Crippen LogP contribution >= 0.6 is 0 Å². The van der Waals surface area contributed by atoms with Crippen molar-refractivity contribution in [3.63, 3.8) is 0 Å². The van der Waals surface area contributed by atoms with E-state index in [1.807, 2.05) is 13.8 Å². The maximum Gasteiger partial charge on any atom is 0.306 e. The first-order chi connectivity index (χ1) is 20.0. The van der Waals surface area contributed by atoms with Crippen LogP contribution in [0.15, 0.2) is 24.3 Å². The molecule has 0 amide bonds. The molecular formula is C35H64O7Si2. The lowest BCUT2D eigenvalue weighted by molar-refractivity contribution is -0.157. The summed E-state index contributed by atoms with van der Waals surface area (Å²) in [7, 11) is -4.09. The quantitative estimate of drug-likeness (QED) is 0.113. The van der Waals surface area contributed by atoms with Crippen LogP contribution in [-0.4, -0.2) is 71.6 Å². The minimum atomic E-state index is -2.19. The maximum atomic E-state index is 13.4. The van der Waals surface area contributed by atoms with Gasteiger partial charge in [0.2, 0.25) is 0 Å². The van der Waals surface area contributed by atoms with Gasteiger partial charge in [0.05, 0.1) is 12.2 Å². The molecule has 3 rings (SSSR count). The molecule has 44 heavy (non-hydrogen) atoms. The van der Waals surface area contributed by atoms with Crippen LogP contribution in [0.2, 0.25) is 36.3 Å². The largest absolute Gasteiger partial charge is 0.460 e. The maximum absolute atomic E-state index is 13.4. The van der Waals surface area contributed by atoms with Crippen molar-refractivity contribution in [2.24, 2.45) is 11.8 Å². The molecule has 2 fully saturated rings. The lowest BCUT2D eigenvalue weighted by Crippen LogP contribution is -2.49. The van der Waals surface area contributed by atoms with E-state index in [0.29, 0.717) is 19.4 Å². The predicted octanol–water partition coefficient (Wildman–Crippen LogP) is 8.56. The van der Waals surface area contributed by atoms with Crippen molar-refractivity contribution in [2.45, 2.75) is 174 Å². The molecule has 3 heterocycles. The molecule has 0 aliphatic carbocycles. The molecule has 0 spiro atoms. The normalized spacial score (nSPS) is 33.2. The predicted molar refractivity (Wildman–Crippen MR) is 183 cm³/mol. The van der Waals surface area contributed by atoms with Crippen LogP contribution in [0.1, 0.15) is 94.9 Å². The van der Waals surface area contributed by atoms with E-state index in [1.165, 1.54) is 0 Å². The number of hydrogen-bond donors (Lipinski definition) is 0. The Kier molecular flexibility index (Phi) is 12.1. The number of ether oxygens (including phenoxy) is 4. The van der Waals surface area contributed by atoms with E-state index in [9.17, 15) is 4.79 Å². The molecule has 0 radical (unpaired) electrons. The molecule has 8 atom stereocenters. The van der Waals surface area contributed by atoms with Gasteiger partial charge in [-0.05, 0) is 74.8 Å². The van der Waals surface area contributed by atoms with Crippen LogP contribution < -0.4 is 0 Å². The molecule has 0 aromatic carbocycles. The van der Waals surface area contributed by atoms with Crippen LogP contribution in [0.25, 0.3) is 0 Å². The number of allylic oxidation sites excluding steroid dienone is 1. The number of carbonyl (C=O) groups excluding carboxylic acids is 1. The van der Waals surface area contributed by atoms with Crippen LogP contribution in [-0.2, 0) is 32.6 Å². The van der Waals surface area contributed by atoms with Crippen LogP contribution in [0.5, 0.6) is 0 Å². The number of epoxide rings is 1. The lowest BCUT2D eigenvalue weighted by Gasteiger charge is -2.42. The molecule has 3 aliphatic heterocycles. The molecule has 0 bridgehead atoms. The second-order valence-corrected chi connectivity index (χ2v) is 26.7. The van der Waals surface area contributed by atoms with Gasteiger partial charge in [-0.2, -0.15) is 0 Å². The number of rotatable bonds is 8. The molecule has 3 aliphatic rings. The van der Waals surface area contributed by atoms with Gasteiger partial charge in [-0.1, -0.05) is 79.7 Å². The molecule has 0 aromatic rings. The van der Waals surface area contributed by atoms with Gasteiger partial charge < -0.3 is 27.8 Å². The summed E-state index contributed by atoms with van der Waals surface area (Å²) < 4.78 is 38.6. The Balaban J connectivity index is 1.86. The minimum absolute atomic E-state index is 0.0197. The Bertz CT molecular complexity index is 1020. The Morgan fingerprint density at radius 2 is 1.50 bits per heavy atom. The molecule has 2 saturated heterocycles. The van der Waals surface area contributed by atoms with Gasteiger partial charge in [0, 0.05) is 19.4 Å². The highest BCUT2D eigenvalue weighted by atomic mass is 28.4. The van der Waals surface area contributed by atoms with Crippen molar-refractivity contribution in [3.05, 3.63) is 24.3 Å². The molecule has 0 unspecified atom stereocenters. The summed E-state index contributed by atoms with van der Waals surface area (Å²) >= 11 is 0. The van der Waals surface area contributed by atoms with Crippen molar-refractivity contribution in [1.29, 1.82) is 0 Å². The number of hydrogen-bond acceptors (Lipinski definition) is 7. The molecular weight excluding hydrogens is 589 g/mol. The highest BCUT2D eigenvalue weighted by Crippen LogP contribution is 2.41. The third kappa shape index (κ3) is 10.6. The first-order valence-corrected chi connectivity index (χ1v) is 22.7. The molecule has 7 nitrogen and oxygen atoms in total. The van der Waals surface area contributed by atoms with E-state index in [2.05, 4.69) is 106 Å². The van der Waals surface area contributed by atoms with E-state index < -0.39 is 28.5 Å². The third-order valence-electron chi connectivity index (χ3n) is 10.2. The van der Waals surface area contributed by atoms with Crippen LogP contribution in [0, 0.1) is 11.8 Å². The van der Waals surface area contributed by atoms with Gasteiger partial charge in [0.15, 0.2) is 22.4 Å². The minimum Gasteiger partial charge on any atom is -0.460 e. The van der Waals surface area contributed by atoms with E-state index in [0.717, 1.165) is 12.8 Å². The number of esters is 1. The zero-order chi connectivity index (χ0) is 33.3. The lowest BCUT2D eigenvalue weighted by atomic mass is 9.97. The van der Waals surface area contributed by atoms with Crippen molar-refractivity contribution < 1.29 is 32.6 Å². The summed E-state index contributed by atoms with van der Waals surface area (Å²) in [6, 6.07) is 0. The van der Waals surface area contributed by atoms with Crippen LogP contribution in [0.3, 0.4) is 0 Å². The fourth-order valence-corrected chi connectivity index (χ4v) is 7.74. The Morgan fingerprint density at radius 3 is 2.09 bits per heavy atom. The fourth-order valence-electron chi connectivity index (χ4n) is 5.25. The van der Waals surface area contributed by atoms with Gasteiger partial charge in [-0.25, -0.2) is 0 Å². The standard InChI is InChI=1S/C35H64O7Si2/c1-24-16-15-17-27-28(41-35(9,10)40-27)19-18-26-29(38-26)22-30(39-32(36)21-24)31(42-44(13,14)34(6,7)8)20-25(2)23-37-43(11,12)33(3,4)5/h15,17-19,24-31H,16,20-23H2,1-14H3/b17-15+,19-18+/t24-,25+,26-,27-,28-,29-,30-,31-/m0/s1. The number of cyclic esters (lactones) is 1. The van der Waals surface area contributed by atoms with E-state index in [1.54, 1.807) is 0 Å². The fraction of sp³-hybridized carbons (Fsp3) is 0.857. The molecule has 254 valence electrons. The first kappa shape index (κ1) is 37.6. The van der Waals surface area contributed by atoms with Gasteiger partial charge in [0.1, 0.15) is 24.4 Å². The highest BCUT2D eigenvalue weighted by Gasteiger charge is 2.47. The first-order valence-electron chi connectivity index (χ1n) is 16.9. The van der Waals surface area contributed by atoms with Crippen molar-refractivity contribution in [2.75, 3.05) is 6.61 Å². The van der Waals surface area contributed by atoms with Gasteiger partial charge in [-0.15, -0.1) is 0 Å². The van der Waals surface area contributed by atoms with Gasteiger partial charge in [-0.3, -0.25) is 4.79 Å². The summed E-state index contributed by atoms with van der Waals surface area (Å²) in [6.45, 7) is 31.6. The van der Waals surface area contributed by atoms with E-state index in [-0.39, 0.29) is 58.4 Å². The molecule has 0 saturated carbocycles. The second-order valence-electron chi connectivity index (χ2n) is 17.2. The monoisotopic (exact) mass is 652 g/mol. The number of carbonyl (C=O) groups is 1. The average molecular weight is 653 g/mol. The Morgan fingerprint density at radius 1 is 0.932 bits per heavy atom. The van der Waals surface area contributed by atoms with Crippen molar-refractivity contribution >= 4 is 22.6 Å². The summed E-state index contributed by atoms with van der Waals surface area (Å²) in [5.41, 5.74) is 0. The molecule has 0 aromatic heterocycles. The second kappa shape index (κ2) is 14.1. The van der Waals surface area contributed by atoms with Gasteiger partial charge >= 0.3 is 5.97 Å². The number of fused-ring (bicyclic) bond motifs is 2. The van der Waals surface area contributed by atoms with E-state index >= 15 is 0 Å². The SMILES string of the molecule is C[C@H]1C/C=C/[C@@H]2OC(C)(C)O[C@H]2/C=C/[C@@H]2O[C@H]2C[C@@H]([C@H](C[C@@H](C)CO[Si](C)(C)C(C)(C)C)O[Si](C)(C)C(C)(C)C)OC(=O)C1. The molecule has 0 N–H and O–H groups in total. The van der Waals surface area contributed by atoms with Crippen molar-refractivity contribution in [1.82, 2.24) is 0 Å². The van der Waals surface area contributed by atoms with Gasteiger partial charge in [0.25, 0.3) is 0 Å². The van der Waals surface area contributed by atoms with Crippen LogP contribution in [0.4, 0.5) is 0 Å². The molecule has 9 heteroatoms. The summed E-state index contributed by atoms with van der Waals surface area (Å²) in [5.74, 6) is -0.449. The third-order valence-corrected chi connectivity index (χ3v) is 19.2. The Hall–Kier alpha value is -0.816. The highest BCUT2D eigenvalue weighted by molar-refractivity contribution is 6.74. The summed E-state index contributed by atoms with van der Waals surface area (Å²) in [6.07, 6.45) is 9.70. The smallest absolute Gasteiger partial charge is 0.306 e. The zero-order valence-corrected chi connectivity index (χ0v) is 32.3.